The topological polar surface area (TPSA) is 6.48 Å². The van der Waals surface area contributed by atoms with E-state index in [0.29, 0.717) is 0 Å². The van der Waals surface area contributed by atoms with Crippen molar-refractivity contribution in [1.29, 1.82) is 0 Å². The fraction of sp³-hybridized carbons (Fsp3) is 0.323. The van der Waals surface area contributed by atoms with Crippen molar-refractivity contribution in [2.24, 2.45) is 0 Å². The molecule has 0 aromatic heterocycles. The van der Waals surface area contributed by atoms with Crippen LogP contribution in [0.1, 0.15) is 155 Å². The zero-order chi connectivity index (χ0) is 51.5. The fourth-order valence-electron chi connectivity index (χ4n) is 5.79. The van der Waals surface area contributed by atoms with Gasteiger partial charge in [-0.15, -0.1) is 0 Å². The summed E-state index contributed by atoms with van der Waals surface area (Å²) in [5.41, 5.74) is 10.8. The molecule has 0 spiro atoms. The van der Waals surface area contributed by atoms with E-state index in [1.807, 2.05) is 143 Å². The molecular formula is C65H96N2. The zero-order valence-electron chi connectivity index (χ0n) is 46.0. The van der Waals surface area contributed by atoms with Gasteiger partial charge < -0.3 is 9.80 Å². The maximum absolute atomic E-state index is 2.29. The molecule has 0 atom stereocenters. The van der Waals surface area contributed by atoms with E-state index >= 15 is 0 Å². The lowest BCUT2D eigenvalue weighted by Crippen LogP contribution is -2.09. The van der Waals surface area contributed by atoms with Crippen molar-refractivity contribution >= 4 is 46.3 Å². The Bertz CT molecular complexity index is 1890. The van der Waals surface area contributed by atoms with Crippen molar-refractivity contribution in [2.45, 2.75) is 144 Å². The summed E-state index contributed by atoms with van der Waals surface area (Å²) in [4.78, 5) is 4.56. The quantitative estimate of drug-likeness (QED) is 0.126. The Morgan fingerprint density at radius 2 is 0.463 bits per heavy atom. The summed E-state index contributed by atoms with van der Waals surface area (Å²) in [5.74, 6) is 0. The minimum Gasteiger partial charge on any atom is -0.311 e. The Balaban J connectivity index is -0.000000448. The third-order valence-corrected chi connectivity index (χ3v) is 8.21. The minimum absolute atomic E-state index is 1.14. The third kappa shape index (κ3) is 27.2. The van der Waals surface area contributed by atoms with Gasteiger partial charge >= 0.3 is 0 Å². The molecule has 0 saturated heterocycles. The van der Waals surface area contributed by atoms with Gasteiger partial charge in [0.25, 0.3) is 0 Å². The molecule has 0 aliphatic heterocycles. The highest BCUT2D eigenvalue weighted by Gasteiger charge is 2.12. The van der Waals surface area contributed by atoms with Gasteiger partial charge in [-0.25, -0.2) is 0 Å². The van der Waals surface area contributed by atoms with E-state index in [-0.39, 0.29) is 0 Å². The summed E-state index contributed by atoms with van der Waals surface area (Å²) in [7, 11) is 0. The molecule has 0 N–H and O–H groups in total. The first-order chi connectivity index (χ1) is 33.3. The summed E-state index contributed by atoms with van der Waals surface area (Å²) in [5, 5.41) is 0. The molecule has 2 nitrogen and oxygen atoms in total. The highest BCUT2D eigenvalue weighted by Crippen LogP contribution is 2.35. The van der Waals surface area contributed by atoms with Gasteiger partial charge in [0, 0.05) is 34.1 Å². The van der Waals surface area contributed by atoms with Crippen molar-refractivity contribution < 1.29 is 0 Å². The molecule has 7 rings (SSSR count). The number of hydrogen-bond acceptors (Lipinski definition) is 2. The van der Waals surface area contributed by atoms with Gasteiger partial charge in [-0.2, -0.15) is 0 Å². The van der Waals surface area contributed by atoms with Crippen LogP contribution in [0.15, 0.2) is 200 Å². The molecule has 7 aromatic carbocycles. The van der Waals surface area contributed by atoms with Crippen LogP contribution in [0, 0.1) is 0 Å². The van der Waals surface area contributed by atoms with Crippen LogP contribution in [-0.2, 0) is 6.42 Å². The van der Waals surface area contributed by atoms with Crippen molar-refractivity contribution in [3.8, 4) is 0 Å². The predicted molar refractivity (Wildman–Crippen MR) is 314 cm³/mol. The number of benzene rings is 7. The molecule has 0 aliphatic carbocycles. The van der Waals surface area contributed by atoms with E-state index in [1.165, 1.54) is 40.2 Å². The molecule has 0 fully saturated rings. The molecule has 366 valence electrons. The highest BCUT2D eigenvalue weighted by molar-refractivity contribution is 5.78. The van der Waals surface area contributed by atoms with E-state index in [2.05, 4.69) is 211 Å². The average Bonchev–Trinajstić information content (AvgIpc) is 3.46. The van der Waals surface area contributed by atoms with Crippen LogP contribution in [0.5, 0.6) is 0 Å². The fourth-order valence-corrected chi connectivity index (χ4v) is 5.79. The summed E-state index contributed by atoms with van der Waals surface area (Å²) in [6.07, 6.45) is 6.60. The van der Waals surface area contributed by atoms with E-state index in [4.69, 9.17) is 0 Å². The monoisotopic (exact) mass is 905 g/mol. The molecule has 2 heteroatoms. The second-order valence-corrected chi connectivity index (χ2v) is 11.8. The number of nitrogens with zero attached hydrogens (tertiary/aromatic N) is 2. The van der Waals surface area contributed by atoms with Crippen LogP contribution >= 0.6 is 0 Å². The number of para-hydroxylation sites is 4. The van der Waals surface area contributed by atoms with E-state index in [1.54, 1.807) is 0 Å². The Morgan fingerprint density at radius 1 is 0.254 bits per heavy atom. The van der Waals surface area contributed by atoms with Crippen molar-refractivity contribution in [3.05, 3.63) is 217 Å². The molecule has 0 heterocycles. The largest absolute Gasteiger partial charge is 0.311 e. The first kappa shape index (κ1) is 67.5. The highest BCUT2D eigenvalue weighted by atomic mass is 15.1. The Morgan fingerprint density at radius 3 is 0.716 bits per heavy atom. The van der Waals surface area contributed by atoms with Crippen LogP contribution < -0.4 is 9.80 Å². The van der Waals surface area contributed by atoms with Gasteiger partial charge in [-0.3, -0.25) is 0 Å². The SMILES string of the molecule is C(=C\c1ccc(N(c2ccccc2)c2ccccc2)cc1)/c1ccccc1.CC.CC.CC.CC.CC.CC.CC.CC.CC.CCCc1ccc(N(c2ccccc2)c2ccccc2)cc1. The van der Waals surface area contributed by atoms with E-state index in [9.17, 15) is 0 Å². The van der Waals surface area contributed by atoms with Gasteiger partial charge in [0.2, 0.25) is 0 Å². The molecule has 0 unspecified atom stereocenters. The van der Waals surface area contributed by atoms with Gasteiger partial charge in [0.1, 0.15) is 0 Å². The van der Waals surface area contributed by atoms with Crippen LogP contribution in [0.4, 0.5) is 34.1 Å². The maximum Gasteiger partial charge on any atom is 0.0462 e. The molecule has 0 bridgehead atoms. The maximum atomic E-state index is 2.29. The second kappa shape index (κ2) is 50.9. The third-order valence-electron chi connectivity index (χ3n) is 8.21. The number of rotatable bonds is 10. The summed E-state index contributed by atoms with van der Waals surface area (Å²) in [6.45, 7) is 38.2. The number of anilines is 6. The van der Waals surface area contributed by atoms with Crippen LogP contribution in [0.25, 0.3) is 12.2 Å². The van der Waals surface area contributed by atoms with Gasteiger partial charge in [-0.1, -0.05) is 278 Å². The minimum atomic E-state index is 1.14. The normalized spacial score (nSPS) is 8.58. The summed E-state index contributed by atoms with van der Waals surface area (Å²) < 4.78 is 0. The van der Waals surface area contributed by atoms with E-state index in [0.717, 1.165) is 23.5 Å². The Kier molecular flexibility index (Phi) is 51.2. The molecule has 0 saturated carbocycles. The smallest absolute Gasteiger partial charge is 0.0462 e. The first-order valence-electron chi connectivity index (χ1n) is 26.0. The standard InChI is InChI=1S/C26H21N.C21H21N.9C2H6/c1-4-10-22(11-5-1)16-17-23-18-20-26(21-19-23)27(24-12-6-2-7-13-24)25-14-8-3-9-15-25;1-2-9-18-14-16-21(17-15-18)22(19-10-5-3-6-11-19)20-12-7-4-8-13-20;9*1-2/h1-21H;3-8,10-17H,2,9H2,1H3;9*1-2H3/b17-16+;;;;;;;;;;. The Labute approximate surface area is 415 Å². The van der Waals surface area contributed by atoms with Crippen molar-refractivity contribution in [3.63, 3.8) is 0 Å². The van der Waals surface area contributed by atoms with Gasteiger partial charge in [0.15, 0.2) is 0 Å². The van der Waals surface area contributed by atoms with Crippen molar-refractivity contribution in [2.75, 3.05) is 9.80 Å². The molecule has 0 radical (unpaired) electrons. The molecule has 67 heavy (non-hydrogen) atoms. The summed E-state index contributed by atoms with van der Waals surface area (Å²) >= 11 is 0. The first-order valence-corrected chi connectivity index (χ1v) is 26.0. The van der Waals surface area contributed by atoms with Crippen LogP contribution in [-0.4, -0.2) is 0 Å². The lowest BCUT2D eigenvalue weighted by Gasteiger charge is -2.25. The van der Waals surface area contributed by atoms with E-state index < -0.39 is 0 Å². The zero-order valence-corrected chi connectivity index (χ0v) is 46.0. The molecule has 7 aromatic rings. The summed E-state index contributed by atoms with van der Waals surface area (Å²) in [6, 6.07) is 69.8. The van der Waals surface area contributed by atoms with Gasteiger partial charge in [-0.05, 0) is 95.9 Å². The second-order valence-electron chi connectivity index (χ2n) is 11.8. The van der Waals surface area contributed by atoms with Crippen LogP contribution in [0.2, 0.25) is 0 Å². The predicted octanol–water partition coefficient (Wildman–Crippen LogP) is 22.7. The van der Waals surface area contributed by atoms with Crippen molar-refractivity contribution in [1.82, 2.24) is 0 Å². The molecule has 0 aliphatic rings. The Hall–Kier alpha value is -6.12. The lowest BCUT2D eigenvalue weighted by molar-refractivity contribution is 0.922. The average molecular weight is 905 g/mol. The van der Waals surface area contributed by atoms with Gasteiger partial charge in [0.05, 0.1) is 0 Å². The lowest BCUT2D eigenvalue weighted by atomic mass is 10.1. The number of hydrogen-bond donors (Lipinski definition) is 0. The molecular weight excluding hydrogens is 809 g/mol. The number of aryl methyl sites for hydroxylation is 1. The molecule has 0 amide bonds. The van der Waals surface area contributed by atoms with Crippen LogP contribution in [0.3, 0.4) is 0 Å².